The zero-order valence-corrected chi connectivity index (χ0v) is 20.3. The highest BCUT2D eigenvalue weighted by Gasteiger charge is 2.22. The molecule has 2 aromatic carbocycles. The van der Waals surface area contributed by atoms with Crippen molar-refractivity contribution in [1.82, 2.24) is 14.5 Å². The number of nitrogen functional groups attached to an aromatic ring is 1. The van der Waals surface area contributed by atoms with E-state index in [0.29, 0.717) is 42.0 Å². The van der Waals surface area contributed by atoms with Crippen molar-refractivity contribution in [3.63, 3.8) is 0 Å². The molecule has 0 fully saturated rings. The Morgan fingerprint density at radius 1 is 1.12 bits per heavy atom. The lowest BCUT2D eigenvalue weighted by atomic mass is 10.0. The van der Waals surface area contributed by atoms with Crippen LogP contribution in [-0.2, 0) is 33.5 Å². The van der Waals surface area contributed by atoms with Crippen LogP contribution in [-0.4, -0.2) is 47.4 Å². The Morgan fingerprint density at radius 2 is 1.85 bits per heavy atom. The third-order valence-corrected chi connectivity index (χ3v) is 6.22. The average molecular weight is 484 g/mol. The van der Waals surface area contributed by atoms with E-state index in [2.05, 4.69) is 4.98 Å². The van der Waals surface area contributed by atoms with Gasteiger partial charge in [0.2, 0.25) is 10.0 Å². The molecule has 0 spiro atoms. The van der Waals surface area contributed by atoms with Gasteiger partial charge in [0.1, 0.15) is 11.3 Å². The van der Waals surface area contributed by atoms with Crippen molar-refractivity contribution in [3.05, 3.63) is 53.9 Å². The van der Waals surface area contributed by atoms with Crippen molar-refractivity contribution < 1.29 is 18.3 Å². The molecule has 34 heavy (non-hydrogen) atoms. The zero-order chi connectivity index (χ0) is 24.7. The molecule has 2 aromatic heterocycles. The van der Waals surface area contributed by atoms with Gasteiger partial charge < -0.3 is 20.1 Å². The molecule has 2 heterocycles. The van der Waals surface area contributed by atoms with Gasteiger partial charge in [-0.05, 0) is 36.6 Å². The van der Waals surface area contributed by atoms with E-state index in [-0.39, 0.29) is 5.75 Å². The van der Waals surface area contributed by atoms with Crippen molar-refractivity contribution in [2.75, 3.05) is 19.5 Å². The van der Waals surface area contributed by atoms with Gasteiger partial charge in [0.05, 0.1) is 35.5 Å². The standard InChI is InChI=1S/C24H29N5O4S/c1-24(2,30)14-29-20(9-10-33-3)28-21-22(29)18-8-7-17(12-19(18)27-23(21)25)16-6-4-5-15(11-16)13-34(26,31)32/h4-8,11-12,30H,9-10,13-14H2,1-3H3,(H2,25,27)(H2,26,31,32). The van der Waals surface area contributed by atoms with E-state index in [4.69, 9.17) is 20.6 Å². The summed E-state index contributed by atoms with van der Waals surface area (Å²) >= 11 is 0. The van der Waals surface area contributed by atoms with Gasteiger partial charge in [0, 0.05) is 18.9 Å². The van der Waals surface area contributed by atoms with E-state index in [0.717, 1.165) is 27.9 Å². The number of methoxy groups -OCH3 is 1. The number of nitrogens with zero attached hydrogens (tertiary/aromatic N) is 3. The van der Waals surface area contributed by atoms with Crippen LogP contribution in [0.1, 0.15) is 25.2 Å². The first-order valence-corrected chi connectivity index (χ1v) is 12.6. The Morgan fingerprint density at radius 3 is 2.53 bits per heavy atom. The molecule has 0 unspecified atom stereocenters. The van der Waals surface area contributed by atoms with Crippen molar-refractivity contribution in [2.45, 2.75) is 38.2 Å². The van der Waals surface area contributed by atoms with Crippen LogP contribution in [0.4, 0.5) is 5.82 Å². The summed E-state index contributed by atoms with van der Waals surface area (Å²) in [6, 6.07) is 13.0. The molecule has 0 bridgehead atoms. The topological polar surface area (TPSA) is 146 Å². The quantitative estimate of drug-likeness (QED) is 0.349. The Bertz CT molecular complexity index is 1470. The van der Waals surface area contributed by atoms with E-state index in [1.165, 1.54) is 0 Å². The van der Waals surface area contributed by atoms with Gasteiger partial charge in [-0.3, -0.25) is 0 Å². The lowest BCUT2D eigenvalue weighted by Gasteiger charge is -2.20. The fraction of sp³-hybridized carbons (Fsp3) is 0.333. The third-order valence-electron chi connectivity index (χ3n) is 5.49. The van der Waals surface area contributed by atoms with Gasteiger partial charge in [0.15, 0.2) is 5.82 Å². The second kappa shape index (κ2) is 8.95. The molecule has 0 radical (unpaired) electrons. The van der Waals surface area contributed by atoms with Crippen LogP contribution in [0.15, 0.2) is 42.5 Å². The first-order chi connectivity index (χ1) is 15.9. The molecule has 0 aliphatic rings. The fourth-order valence-electron chi connectivity index (χ4n) is 4.15. The minimum atomic E-state index is -3.63. The molecule has 0 saturated carbocycles. The van der Waals surface area contributed by atoms with Crippen molar-refractivity contribution in [2.24, 2.45) is 5.14 Å². The number of pyridine rings is 1. The molecule has 0 atom stereocenters. The number of aliphatic hydroxyl groups is 1. The van der Waals surface area contributed by atoms with E-state index < -0.39 is 15.6 Å². The lowest BCUT2D eigenvalue weighted by molar-refractivity contribution is 0.0615. The molecule has 5 N–H and O–H groups in total. The predicted molar refractivity (Wildman–Crippen MR) is 134 cm³/mol. The number of nitrogens with two attached hydrogens (primary N) is 2. The summed E-state index contributed by atoms with van der Waals surface area (Å²) in [7, 11) is -2.00. The summed E-state index contributed by atoms with van der Waals surface area (Å²) in [5.41, 5.74) is 9.74. The van der Waals surface area contributed by atoms with Crippen LogP contribution in [0.5, 0.6) is 0 Å². The monoisotopic (exact) mass is 483 g/mol. The summed E-state index contributed by atoms with van der Waals surface area (Å²) in [5.74, 6) is 0.830. The Hall–Kier alpha value is -3.05. The van der Waals surface area contributed by atoms with Crippen LogP contribution >= 0.6 is 0 Å². The maximum Gasteiger partial charge on any atom is 0.213 e. The number of rotatable bonds is 8. The predicted octanol–water partition coefficient (Wildman–Crippen LogP) is 2.58. The number of hydrogen-bond donors (Lipinski definition) is 3. The van der Waals surface area contributed by atoms with E-state index in [1.54, 1.807) is 39.2 Å². The van der Waals surface area contributed by atoms with Crippen LogP contribution < -0.4 is 10.9 Å². The van der Waals surface area contributed by atoms with Gasteiger partial charge in [0.25, 0.3) is 0 Å². The van der Waals surface area contributed by atoms with Crippen molar-refractivity contribution in [1.29, 1.82) is 0 Å². The number of benzene rings is 2. The number of anilines is 1. The molecular formula is C24H29N5O4S. The summed E-state index contributed by atoms with van der Waals surface area (Å²) in [6.45, 7) is 4.31. The van der Waals surface area contributed by atoms with E-state index in [9.17, 15) is 13.5 Å². The molecule has 180 valence electrons. The largest absolute Gasteiger partial charge is 0.389 e. The van der Waals surface area contributed by atoms with Crippen molar-refractivity contribution in [3.8, 4) is 11.1 Å². The Balaban J connectivity index is 1.88. The number of fused-ring (bicyclic) bond motifs is 3. The maximum atomic E-state index is 11.5. The first kappa shape index (κ1) is 24.1. The Kier molecular flexibility index (Phi) is 6.34. The summed E-state index contributed by atoms with van der Waals surface area (Å²) in [6.07, 6.45) is 0.567. The molecule has 9 nitrogen and oxygen atoms in total. The molecule has 10 heteroatoms. The third kappa shape index (κ3) is 5.20. The van der Waals surface area contributed by atoms with Crippen LogP contribution in [0.25, 0.3) is 33.1 Å². The van der Waals surface area contributed by atoms with Gasteiger partial charge in [-0.2, -0.15) is 0 Å². The van der Waals surface area contributed by atoms with E-state index in [1.807, 2.05) is 28.8 Å². The molecular weight excluding hydrogens is 454 g/mol. The van der Waals surface area contributed by atoms with Gasteiger partial charge in [-0.25, -0.2) is 23.5 Å². The number of aromatic nitrogens is 3. The highest BCUT2D eigenvalue weighted by atomic mass is 32.2. The van der Waals surface area contributed by atoms with Crippen LogP contribution in [0.2, 0.25) is 0 Å². The highest BCUT2D eigenvalue weighted by Crippen LogP contribution is 2.33. The molecule has 4 rings (SSSR count). The van der Waals surface area contributed by atoms with Crippen LogP contribution in [0.3, 0.4) is 0 Å². The number of hydrogen-bond acceptors (Lipinski definition) is 7. The molecule has 0 aliphatic heterocycles. The normalized spacial score (nSPS) is 12.6. The number of ether oxygens (including phenoxy) is 1. The maximum absolute atomic E-state index is 11.5. The highest BCUT2D eigenvalue weighted by molar-refractivity contribution is 7.88. The summed E-state index contributed by atoms with van der Waals surface area (Å²) in [5, 5.41) is 16.6. The number of sulfonamides is 1. The second-order valence-electron chi connectivity index (χ2n) is 9.10. The minimum absolute atomic E-state index is 0.235. The average Bonchev–Trinajstić information content (AvgIpc) is 3.08. The Labute approximate surface area is 198 Å². The zero-order valence-electron chi connectivity index (χ0n) is 19.4. The lowest BCUT2D eigenvalue weighted by Crippen LogP contribution is -2.27. The fourth-order valence-corrected chi connectivity index (χ4v) is 4.80. The minimum Gasteiger partial charge on any atom is -0.389 e. The summed E-state index contributed by atoms with van der Waals surface area (Å²) in [4.78, 5) is 9.32. The van der Waals surface area contributed by atoms with Gasteiger partial charge in [-0.1, -0.05) is 36.4 Å². The van der Waals surface area contributed by atoms with Crippen molar-refractivity contribution >= 4 is 37.8 Å². The smallest absolute Gasteiger partial charge is 0.213 e. The van der Waals surface area contributed by atoms with Gasteiger partial charge >= 0.3 is 0 Å². The van der Waals surface area contributed by atoms with Gasteiger partial charge in [-0.15, -0.1) is 0 Å². The van der Waals surface area contributed by atoms with E-state index >= 15 is 0 Å². The number of primary sulfonamides is 1. The molecule has 0 aliphatic carbocycles. The first-order valence-electron chi connectivity index (χ1n) is 10.8. The SMILES string of the molecule is COCCc1nc2c(N)nc3cc(-c4cccc(CS(N)(=O)=O)c4)ccc3c2n1CC(C)(C)O. The molecule has 0 saturated heterocycles. The number of imidazole rings is 1. The second-order valence-corrected chi connectivity index (χ2v) is 10.7. The molecule has 4 aromatic rings. The summed E-state index contributed by atoms with van der Waals surface area (Å²) < 4.78 is 30.2. The van der Waals surface area contributed by atoms with Crippen LogP contribution in [0, 0.1) is 0 Å². The molecule has 0 amide bonds.